The molecule has 0 aromatic heterocycles. The molecular weight excluding hydrogens is 390 g/mol. The molecule has 2 aromatic rings. The summed E-state index contributed by atoms with van der Waals surface area (Å²) in [6.45, 7) is 7.13. The lowest BCUT2D eigenvalue weighted by atomic mass is 10.1. The van der Waals surface area contributed by atoms with Crippen molar-refractivity contribution >= 4 is 5.91 Å². The molecule has 1 amide bonds. The Kier molecular flexibility index (Phi) is 8.74. The van der Waals surface area contributed by atoms with E-state index in [1.54, 1.807) is 14.2 Å². The molecule has 0 bridgehead atoms. The van der Waals surface area contributed by atoms with Crippen LogP contribution in [0.3, 0.4) is 0 Å². The zero-order chi connectivity index (χ0) is 22.1. The van der Waals surface area contributed by atoms with Gasteiger partial charge in [-0.15, -0.1) is 0 Å². The number of hydrogen-bond donors (Lipinski definition) is 1. The molecule has 1 heterocycles. The van der Waals surface area contributed by atoms with Gasteiger partial charge in [-0.2, -0.15) is 0 Å². The van der Waals surface area contributed by atoms with Crippen molar-refractivity contribution in [2.75, 3.05) is 46.9 Å². The van der Waals surface area contributed by atoms with Gasteiger partial charge in [0.2, 0.25) is 5.91 Å². The summed E-state index contributed by atoms with van der Waals surface area (Å²) in [6, 6.07) is 16.7. The van der Waals surface area contributed by atoms with Crippen LogP contribution in [-0.2, 0) is 17.8 Å². The SMILES string of the molecule is COc1ccc(CN2CCN(CC(=O)NC(C)CCc3ccccc3)CC2)cc1OC. The van der Waals surface area contributed by atoms with Gasteiger partial charge in [-0.05, 0) is 43.0 Å². The quantitative estimate of drug-likeness (QED) is 0.634. The number of benzene rings is 2. The van der Waals surface area contributed by atoms with Crippen LogP contribution in [0.15, 0.2) is 48.5 Å². The van der Waals surface area contributed by atoms with Crippen molar-refractivity contribution in [2.24, 2.45) is 0 Å². The lowest BCUT2D eigenvalue weighted by molar-refractivity contribution is -0.123. The molecule has 3 rings (SSSR count). The van der Waals surface area contributed by atoms with E-state index in [1.807, 2.05) is 18.2 Å². The number of piperazine rings is 1. The van der Waals surface area contributed by atoms with Crippen LogP contribution in [0.1, 0.15) is 24.5 Å². The van der Waals surface area contributed by atoms with Crippen molar-refractivity contribution in [3.63, 3.8) is 0 Å². The highest BCUT2D eigenvalue weighted by Gasteiger charge is 2.20. The predicted molar refractivity (Wildman–Crippen MR) is 124 cm³/mol. The molecule has 31 heavy (non-hydrogen) atoms. The Labute approximate surface area is 186 Å². The van der Waals surface area contributed by atoms with E-state index in [-0.39, 0.29) is 11.9 Å². The lowest BCUT2D eigenvalue weighted by Gasteiger charge is -2.34. The maximum Gasteiger partial charge on any atom is 0.234 e. The molecule has 0 aliphatic carbocycles. The third-order valence-electron chi connectivity index (χ3n) is 5.80. The largest absolute Gasteiger partial charge is 0.493 e. The fourth-order valence-corrected chi connectivity index (χ4v) is 3.97. The number of nitrogens with zero attached hydrogens (tertiary/aromatic N) is 2. The average Bonchev–Trinajstić information content (AvgIpc) is 2.79. The number of aryl methyl sites for hydroxylation is 1. The van der Waals surface area contributed by atoms with Crippen molar-refractivity contribution in [3.8, 4) is 11.5 Å². The highest BCUT2D eigenvalue weighted by Crippen LogP contribution is 2.28. The normalized spacial score (nSPS) is 16.0. The van der Waals surface area contributed by atoms with Gasteiger partial charge in [-0.3, -0.25) is 14.6 Å². The van der Waals surface area contributed by atoms with Crippen LogP contribution in [0.5, 0.6) is 11.5 Å². The molecule has 1 aliphatic heterocycles. The minimum atomic E-state index is 0.119. The van der Waals surface area contributed by atoms with Crippen LogP contribution < -0.4 is 14.8 Å². The maximum absolute atomic E-state index is 12.4. The lowest BCUT2D eigenvalue weighted by Crippen LogP contribution is -2.50. The summed E-state index contributed by atoms with van der Waals surface area (Å²) in [4.78, 5) is 17.1. The van der Waals surface area contributed by atoms with Crippen LogP contribution in [0.25, 0.3) is 0 Å². The number of nitrogens with one attached hydrogen (secondary N) is 1. The van der Waals surface area contributed by atoms with E-state index >= 15 is 0 Å². The summed E-state index contributed by atoms with van der Waals surface area (Å²) < 4.78 is 10.7. The van der Waals surface area contributed by atoms with Gasteiger partial charge in [-0.1, -0.05) is 36.4 Å². The van der Waals surface area contributed by atoms with E-state index in [0.29, 0.717) is 6.54 Å². The Morgan fingerprint density at radius 3 is 2.29 bits per heavy atom. The van der Waals surface area contributed by atoms with Crippen LogP contribution in [0.2, 0.25) is 0 Å². The van der Waals surface area contributed by atoms with Crippen LogP contribution in [0.4, 0.5) is 0 Å². The van der Waals surface area contributed by atoms with Crippen LogP contribution >= 0.6 is 0 Å². The highest BCUT2D eigenvalue weighted by atomic mass is 16.5. The molecule has 1 unspecified atom stereocenters. The van der Waals surface area contributed by atoms with E-state index in [0.717, 1.165) is 57.1 Å². The monoisotopic (exact) mass is 425 g/mol. The Hall–Kier alpha value is -2.57. The summed E-state index contributed by atoms with van der Waals surface area (Å²) in [5.41, 5.74) is 2.52. The van der Waals surface area contributed by atoms with E-state index in [2.05, 4.69) is 52.4 Å². The zero-order valence-electron chi connectivity index (χ0n) is 19.0. The topological polar surface area (TPSA) is 54.0 Å². The van der Waals surface area contributed by atoms with Crippen molar-refractivity contribution in [1.29, 1.82) is 0 Å². The number of carbonyl (C=O) groups excluding carboxylic acids is 1. The number of ether oxygens (including phenoxy) is 2. The van der Waals surface area contributed by atoms with E-state index in [9.17, 15) is 4.79 Å². The number of amides is 1. The van der Waals surface area contributed by atoms with Gasteiger partial charge in [0.05, 0.1) is 20.8 Å². The molecule has 168 valence electrons. The van der Waals surface area contributed by atoms with E-state index < -0.39 is 0 Å². The smallest absolute Gasteiger partial charge is 0.234 e. The average molecular weight is 426 g/mol. The highest BCUT2D eigenvalue weighted by molar-refractivity contribution is 5.78. The Balaban J connectivity index is 1.37. The van der Waals surface area contributed by atoms with Gasteiger partial charge in [0.1, 0.15) is 0 Å². The summed E-state index contributed by atoms with van der Waals surface area (Å²) in [6.07, 6.45) is 1.94. The molecule has 0 radical (unpaired) electrons. The first kappa shape index (κ1) is 23.1. The molecule has 0 saturated carbocycles. The third-order valence-corrected chi connectivity index (χ3v) is 5.80. The van der Waals surface area contributed by atoms with Gasteiger partial charge in [-0.25, -0.2) is 0 Å². The van der Waals surface area contributed by atoms with E-state index in [4.69, 9.17) is 9.47 Å². The summed E-state index contributed by atoms with van der Waals surface area (Å²) in [5, 5.41) is 3.15. The molecule has 1 saturated heterocycles. The summed E-state index contributed by atoms with van der Waals surface area (Å²) in [7, 11) is 3.31. The molecule has 1 fully saturated rings. The summed E-state index contributed by atoms with van der Waals surface area (Å²) >= 11 is 0. The second-order valence-corrected chi connectivity index (χ2v) is 8.23. The number of carbonyl (C=O) groups is 1. The number of hydrogen-bond acceptors (Lipinski definition) is 5. The molecular formula is C25H35N3O3. The molecule has 0 spiro atoms. The fourth-order valence-electron chi connectivity index (χ4n) is 3.97. The molecule has 6 heteroatoms. The van der Waals surface area contributed by atoms with Crippen molar-refractivity contribution in [3.05, 3.63) is 59.7 Å². The van der Waals surface area contributed by atoms with Gasteiger partial charge in [0.15, 0.2) is 11.5 Å². The fraction of sp³-hybridized carbons (Fsp3) is 0.480. The first-order valence-corrected chi connectivity index (χ1v) is 11.1. The van der Waals surface area contributed by atoms with Gasteiger partial charge in [0, 0.05) is 38.8 Å². The standard InChI is InChI=1S/C25H35N3O3/c1-20(9-10-21-7-5-4-6-8-21)26-25(29)19-28-15-13-27(14-16-28)18-22-11-12-23(30-2)24(17-22)31-3/h4-8,11-12,17,20H,9-10,13-16,18-19H2,1-3H3,(H,26,29). The molecule has 2 aromatic carbocycles. The zero-order valence-corrected chi connectivity index (χ0v) is 19.0. The van der Waals surface area contributed by atoms with Crippen LogP contribution in [-0.4, -0.2) is 68.7 Å². The van der Waals surface area contributed by atoms with Gasteiger partial charge >= 0.3 is 0 Å². The predicted octanol–water partition coefficient (Wildman–Crippen LogP) is 2.96. The minimum Gasteiger partial charge on any atom is -0.493 e. The Morgan fingerprint density at radius 1 is 0.935 bits per heavy atom. The molecule has 1 N–H and O–H groups in total. The van der Waals surface area contributed by atoms with Crippen molar-refractivity contribution in [2.45, 2.75) is 32.4 Å². The molecule has 1 atom stereocenters. The first-order valence-electron chi connectivity index (χ1n) is 11.1. The van der Waals surface area contributed by atoms with Gasteiger partial charge < -0.3 is 14.8 Å². The maximum atomic E-state index is 12.4. The van der Waals surface area contributed by atoms with Crippen molar-refractivity contribution < 1.29 is 14.3 Å². The minimum absolute atomic E-state index is 0.119. The van der Waals surface area contributed by atoms with E-state index in [1.165, 1.54) is 11.1 Å². The number of rotatable bonds is 10. The second-order valence-electron chi connectivity index (χ2n) is 8.23. The molecule has 1 aliphatic rings. The van der Waals surface area contributed by atoms with Gasteiger partial charge in [0.25, 0.3) is 0 Å². The van der Waals surface area contributed by atoms with Crippen molar-refractivity contribution in [1.82, 2.24) is 15.1 Å². The third kappa shape index (κ3) is 7.26. The summed E-state index contributed by atoms with van der Waals surface area (Å²) in [5.74, 6) is 1.63. The number of methoxy groups -OCH3 is 2. The first-order chi connectivity index (χ1) is 15.1. The molecule has 6 nitrogen and oxygen atoms in total. The second kappa shape index (κ2) is 11.7. The Bertz CT molecular complexity index is 820. The Morgan fingerprint density at radius 2 is 1.61 bits per heavy atom. The van der Waals surface area contributed by atoms with Crippen LogP contribution in [0, 0.1) is 0 Å².